The molecule has 3 N–H and O–H groups in total. The molecule has 1 aliphatic rings. The standard InChI is InChI=1S/C14H24N4O.HI/c1-10(2)13-8-12(19-18-13)9-16-14(15)17-11-6-4-3-5-7-11;/h8,10-11H,3-7,9H2,1-2H3,(H3,15,16,17);1H. The Morgan fingerprint density at radius 3 is 2.75 bits per heavy atom. The summed E-state index contributed by atoms with van der Waals surface area (Å²) < 4.78 is 5.23. The molecule has 1 aliphatic carbocycles. The van der Waals surface area contributed by atoms with Gasteiger partial charge in [0.1, 0.15) is 6.54 Å². The summed E-state index contributed by atoms with van der Waals surface area (Å²) in [7, 11) is 0. The molecule has 0 atom stereocenters. The number of guanidine groups is 1. The molecule has 0 aromatic carbocycles. The summed E-state index contributed by atoms with van der Waals surface area (Å²) in [6, 6.07) is 2.43. The Morgan fingerprint density at radius 2 is 2.15 bits per heavy atom. The number of nitrogens with two attached hydrogens (primary N) is 1. The van der Waals surface area contributed by atoms with Gasteiger partial charge in [0.2, 0.25) is 0 Å². The molecule has 114 valence electrons. The highest BCUT2D eigenvalue weighted by atomic mass is 127. The molecule has 20 heavy (non-hydrogen) atoms. The van der Waals surface area contributed by atoms with Crippen molar-refractivity contribution in [2.24, 2.45) is 10.7 Å². The molecular weight excluding hydrogens is 367 g/mol. The average molecular weight is 392 g/mol. The second-order valence-corrected chi connectivity index (χ2v) is 5.55. The summed E-state index contributed by atoms with van der Waals surface area (Å²) >= 11 is 0. The smallest absolute Gasteiger partial charge is 0.189 e. The zero-order valence-corrected chi connectivity index (χ0v) is 14.6. The van der Waals surface area contributed by atoms with Crippen molar-refractivity contribution >= 4 is 29.9 Å². The molecule has 0 unspecified atom stereocenters. The highest BCUT2D eigenvalue weighted by Gasteiger charge is 2.13. The Hall–Kier alpha value is -0.790. The zero-order chi connectivity index (χ0) is 13.7. The maximum absolute atomic E-state index is 5.90. The first kappa shape index (κ1) is 17.3. The number of aliphatic imine (C=N–C) groups is 1. The lowest BCUT2D eigenvalue weighted by Crippen LogP contribution is -2.41. The van der Waals surface area contributed by atoms with Crippen LogP contribution in [-0.4, -0.2) is 17.2 Å². The van der Waals surface area contributed by atoms with Crippen molar-refractivity contribution in [3.8, 4) is 0 Å². The lowest BCUT2D eigenvalue weighted by Gasteiger charge is -2.23. The van der Waals surface area contributed by atoms with E-state index in [0.717, 1.165) is 11.5 Å². The molecule has 2 rings (SSSR count). The van der Waals surface area contributed by atoms with Gasteiger partial charge in [-0.05, 0) is 18.8 Å². The number of nitrogens with zero attached hydrogens (tertiary/aromatic N) is 2. The van der Waals surface area contributed by atoms with Crippen molar-refractivity contribution in [2.75, 3.05) is 0 Å². The summed E-state index contributed by atoms with van der Waals surface area (Å²) in [6.07, 6.45) is 6.28. The Kier molecular flexibility index (Phi) is 7.32. The summed E-state index contributed by atoms with van der Waals surface area (Å²) in [4.78, 5) is 4.31. The molecular formula is C14H25IN4O. The van der Waals surface area contributed by atoms with Crippen molar-refractivity contribution in [1.29, 1.82) is 0 Å². The molecule has 1 aromatic rings. The van der Waals surface area contributed by atoms with E-state index in [4.69, 9.17) is 10.3 Å². The third kappa shape index (κ3) is 5.30. The number of hydrogen-bond donors (Lipinski definition) is 2. The number of rotatable bonds is 4. The minimum Gasteiger partial charge on any atom is -0.370 e. The molecule has 1 saturated carbocycles. The van der Waals surface area contributed by atoms with E-state index < -0.39 is 0 Å². The van der Waals surface area contributed by atoms with Crippen molar-refractivity contribution < 1.29 is 4.52 Å². The topological polar surface area (TPSA) is 76.4 Å². The summed E-state index contributed by atoms with van der Waals surface area (Å²) in [5, 5.41) is 7.29. The number of hydrogen-bond acceptors (Lipinski definition) is 3. The molecule has 6 heteroatoms. The monoisotopic (exact) mass is 392 g/mol. The van der Waals surface area contributed by atoms with E-state index in [1.165, 1.54) is 32.1 Å². The lowest BCUT2D eigenvalue weighted by molar-refractivity contribution is 0.376. The van der Waals surface area contributed by atoms with Crippen LogP contribution < -0.4 is 11.1 Å². The molecule has 1 fully saturated rings. The number of aromatic nitrogens is 1. The molecule has 0 bridgehead atoms. The van der Waals surface area contributed by atoms with Crippen molar-refractivity contribution in [1.82, 2.24) is 10.5 Å². The van der Waals surface area contributed by atoms with E-state index in [0.29, 0.717) is 24.5 Å². The normalized spacial score (nSPS) is 17.1. The lowest BCUT2D eigenvalue weighted by atomic mass is 9.96. The first-order chi connectivity index (χ1) is 9.15. The Labute approximate surface area is 137 Å². The molecule has 0 radical (unpaired) electrons. The van der Waals surface area contributed by atoms with Crippen LogP contribution in [0.15, 0.2) is 15.6 Å². The van der Waals surface area contributed by atoms with Crippen LogP contribution in [0.1, 0.15) is 63.3 Å². The molecule has 1 heterocycles. The Morgan fingerprint density at radius 1 is 1.45 bits per heavy atom. The largest absolute Gasteiger partial charge is 0.370 e. The molecule has 0 amide bonds. The van der Waals surface area contributed by atoms with E-state index in [9.17, 15) is 0 Å². The van der Waals surface area contributed by atoms with E-state index in [2.05, 4.69) is 29.3 Å². The molecule has 1 aromatic heterocycles. The van der Waals surface area contributed by atoms with E-state index >= 15 is 0 Å². The van der Waals surface area contributed by atoms with Gasteiger partial charge in [-0.1, -0.05) is 38.3 Å². The van der Waals surface area contributed by atoms with Crippen molar-refractivity contribution in [3.05, 3.63) is 17.5 Å². The SMILES string of the molecule is CC(C)c1cc(CN=C(N)NC2CCCCC2)on1.I. The van der Waals surface area contributed by atoms with Crippen molar-refractivity contribution in [2.45, 2.75) is 64.5 Å². The van der Waals surface area contributed by atoms with Crippen LogP contribution >= 0.6 is 24.0 Å². The molecule has 0 spiro atoms. The maximum Gasteiger partial charge on any atom is 0.189 e. The minimum absolute atomic E-state index is 0. The van der Waals surface area contributed by atoms with E-state index in [-0.39, 0.29) is 24.0 Å². The van der Waals surface area contributed by atoms with Gasteiger partial charge in [0.05, 0.1) is 5.69 Å². The summed E-state index contributed by atoms with van der Waals surface area (Å²) in [5.41, 5.74) is 6.86. The molecule has 5 nitrogen and oxygen atoms in total. The maximum atomic E-state index is 5.90. The van der Waals surface area contributed by atoms with Gasteiger partial charge >= 0.3 is 0 Å². The summed E-state index contributed by atoms with van der Waals surface area (Å²) in [6.45, 7) is 4.62. The third-order valence-corrected chi connectivity index (χ3v) is 3.53. The van der Waals surface area contributed by atoms with E-state index in [1.54, 1.807) is 0 Å². The van der Waals surface area contributed by atoms with Crippen molar-refractivity contribution in [3.63, 3.8) is 0 Å². The van der Waals surface area contributed by atoms with Gasteiger partial charge in [0.15, 0.2) is 11.7 Å². The van der Waals surface area contributed by atoms with Crippen LogP contribution in [0.3, 0.4) is 0 Å². The Balaban J connectivity index is 0.00000200. The fourth-order valence-electron chi connectivity index (χ4n) is 2.34. The predicted octanol–water partition coefficient (Wildman–Crippen LogP) is 3.15. The van der Waals surface area contributed by atoms with Crippen LogP contribution in [0.4, 0.5) is 0 Å². The van der Waals surface area contributed by atoms with Gasteiger partial charge in [-0.2, -0.15) is 0 Å². The third-order valence-electron chi connectivity index (χ3n) is 3.53. The molecule has 0 aliphatic heterocycles. The van der Waals surface area contributed by atoms with Crippen LogP contribution in [-0.2, 0) is 6.54 Å². The molecule has 0 saturated heterocycles. The van der Waals surface area contributed by atoms with Gasteiger partial charge < -0.3 is 15.6 Å². The first-order valence-corrected chi connectivity index (χ1v) is 7.17. The highest BCUT2D eigenvalue weighted by Crippen LogP contribution is 2.17. The van der Waals surface area contributed by atoms with Crippen LogP contribution in [0.2, 0.25) is 0 Å². The van der Waals surface area contributed by atoms with E-state index in [1.807, 2.05) is 6.07 Å². The minimum atomic E-state index is 0. The van der Waals surface area contributed by atoms with Gasteiger partial charge in [0, 0.05) is 12.1 Å². The fraction of sp³-hybridized carbons (Fsp3) is 0.714. The van der Waals surface area contributed by atoms with Gasteiger partial charge in [0.25, 0.3) is 0 Å². The quantitative estimate of drug-likeness (QED) is 0.469. The summed E-state index contributed by atoms with van der Waals surface area (Å²) in [5.74, 6) is 1.64. The van der Waals surface area contributed by atoms with Crippen LogP contribution in [0, 0.1) is 0 Å². The number of halogens is 1. The van der Waals surface area contributed by atoms with Gasteiger partial charge in [-0.25, -0.2) is 4.99 Å². The predicted molar refractivity (Wildman–Crippen MR) is 91.3 cm³/mol. The van der Waals surface area contributed by atoms with Gasteiger partial charge in [-0.15, -0.1) is 24.0 Å². The number of nitrogens with one attached hydrogen (secondary N) is 1. The Bertz CT molecular complexity index is 425. The second kappa shape index (κ2) is 8.49. The highest BCUT2D eigenvalue weighted by molar-refractivity contribution is 14.0. The second-order valence-electron chi connectivity index (χ2n) is 5.55. The average Bonchev–Trinajstić information content (AvgIpc) is 2.86. The fourth-order valence-corrected chi connectivity index (χ4v) is 2.34. The van der Waals surface area contributed by atoms with Crippen LogP contribution in [0.5, 0.6) is 0 Å². The zero-order valence-electron chi connectivity index (χ0n) is 12.3. The van der Waals surface area contributed by atoms with Gasteiger partial charge in [-0.3, -0.25) is 0 Å². The van der Waals surface area contributed by atoms with Crippen LogP contribution in [0.25, 0.3) is 0 Å². The first-order valence-electron chi connectivity index (χ1n) is 7.17.